The minimum Gasteiger partial charge on any atom is -0.356 e. The molecule has 1 aromatic heterocycles. The van der Waals surface area contributed by atoms with E-state index in [9.17, 15) is 4.79 Å². The van der Waals surface area contributed by atoms with Crippen molar-refractivity contribution in [1.29, 1.82) is 0 Å². The Balaban J connectivity index is 1.52. The van der Waals surface area contributed by atoms with Gasteiger partial charge in [-0.15, -0.1) is 0 Å². The van der Waals surface area contributed by atoms with Crippen LogP contribution < -0.4 is 4.90 Å². The van der Waals surface area contributed by atoms with Crippen LogP contribution in [0.3, 0.4) is 0 Å². The van der Waals surface area contributed by atoms with Gasteiger partial charge < -0.3 is 9.80 Å². The number of aromatic nitrogens is 1. The van der Waals surface area contributed by atoms with Gasteiger partial charge in [0, 0.05) is 45.0 Å². The Morgan fingerprint density at radius 2 is 1.83 bits per heavy atom. The lowest BCUT2D eigenvalue weighted by Gasteiger charge is -2.44. The summed E-state index contributed by atoms with van der Waals surface area (Å²) in [6.07, 6.45) is 9.35. The largest absolute Gasteiger partial charge is 0.356 e. The summed E-state index contributed by atoms with van der Waals surface area (Å²) >= 11 is 0. The Kier molecular flexibility index (Phi) is 4.69. The van der Waals surface area contributed by atoms with Gasteiger partial charge in [-0.05, 0) is 50.8 Å². The molecule has 4 heterocycles. The van der Waals surface area contributed by atoms with Gasteiger partial charge in [-0.1, -0.05) is 6.42 Å². The van der Waals surface area contributed by atoms with Crippen molar-refractivity contribution in [2.75, 3.05) is 44.2 Å². The molecule has 1 unspecified atom stereocenters. The number of piperidine rings is 2. The SMILES string of the molecule is O=C(c1cccnc1N1CCCCC1)N1CCN2CCCCC2C1. The second kappa shape index (κ2) is 7.09. The van der Waals surface area contributed by atoms with Crippen molar-refractivity contribution in [3.05, 3.63) is 23.9 Å². The molecule has 1 aromatic rings. The van der Waals surface area contributed by atoms with Crippen LogP contribution in [0, 0.1) is 0 Å². The summed E-state index contributed by atoms with van der Waals surface area (Å²) in [6, 6.07) is 4.43. The molecule has 5 heteroatoms. The van der Waals surface area contributed by atoms with E-state index in [2.05, 4.69) is 19.7 Å². The van der Waals surface area contributed by atoms with E-state index in [1.165, 1.54) is 45.1 Å². The van der Waals surface area contributed by atoms with Crippen LogP contribution in [0.2, 0.25) is 0 Å². The Morgan fingerprint density at radius 1 is 1.00 bits per heavy atom. The molecule has 0 bridgehead atoms. The van der Waals surface area contributed by atoms with Gasteiger partial charge in [-0.3, -0.25) is 9.69 Å². The summed E-state index contributed by atoms with van der Waals surface area (Å²) in [4.78, 5) is 24.7. The van der Waals surface area contributed by atoms with E-state index in [0.29, 0.717) is 6.04 Å². The van der Waals surface area contributed by atoms with Gasteiger partial charge in [0.15, 0.2) is 0 Å². The molecule has 24 heavy (non-hydrogen) atoms. The number of pyridine rings is 1. The highest BCUT2D eigenvalue weighted by atomic mass is 16.2. The fourth-order valence-corrected chi connectivity index (χ4v) is 4.43. The van der Waals surface area contributed by atoms with Crippen LogP contribution in [0.1, 0.15) is 48.9 Å². The summed E-state index contributed by atoms with van der Waals surface area (Å²) in [5, 5.41) is 0. The molecule has 0 N–H and O–H groups in total. The molecule has 3 saturated heterocycles. The normalized spacial score (nSPS) is 25.4. The first-order chi connectivity index (χ1) is 11.8. The first kappa shape index (κ1) is 15.9. The number of nitrogens with zero attached hydrogens (tertiary/aromatic N) is 4. The molecule has 0 aliphatic carbocycles. The van der Waals surface area contributed by atoms with Crippen molar-refractivity contribution in [3.8, 4) is 0 Å². The number of amides is 1. The molecule has 3 aliphatic heterocycles. The Hall–Kier alpha value is -1.62. The van der Waals surface area contributed by atoms with Crippen LogP contribution in [0.15, 0.2) is 18.3 Å². The van der Waals surface area contributed by atoms with Crippen LogP contribution >= 0.6 is 0 Å². The molecule has 1 amide bonds. The van der Waals surface area contributed by atoms with Crippen molar-refractivity contribution < 1.29 is 4.79 Å². The first-order valence-electron chi connectivity index (χ1n) is 9.56. The van der Waals surface area contributed by atoms with Crippen LogP contribution in [0.4, 0.5) is 5.82 Å². The number of piperazine rings is 1. The molecule has 4 rings (SSSR count). The quantitative estimate of drug-likeness (QED) is 0.836. The van der Waals surface area contributed by atoms with Gasteiger partial charge in [0.1, 0.15) is 5.82 Å². The highest BCUT2D eigenvalue weighted by Crippen LogP contribution is 2.26. The number of fused-ring (bicyclic) bond motifs is 1. The zero-order chi connectivity index (χ0) is 16.4. The zero-order valence-corrected chi connectivity index (χ0v) is 14.5. The summed E-state index contributed by atoms with van der Waals surface area (Å²) in [7, 11) is 0. The molecule has 3 aliphatic rings. The predicted octanol–water partition coefficient (Wildman–Crippen LogP) is 2.38. The van der Waals surface area contributed by atoms with Crippen molar-refractivity contribution in [2.24, 2.45) is 0 Å². The van der Waals surface area contributed by atoms with Gasteiger partial charge in [0.25, 0.3) is 5.91 Å². The molecule has 1 atom stereocenters. The van der Waals surface area contributed by atoms with E-state index in [1.54, 1.807) is 0 Å². The van der Waals surface area contributed by atoms with E-state index in [0.717, 1.165) is 44.1 Å². The van der Waals surface area contributed by atoms with Crippen LogP contribution in [-0.2, 0) is 0 Å². The standard InChI is InChI=1S/C19H28N4O/c24-19(23-14-13-21-10-5-2-7-16(21)15-23)17-8-6-9-20-18(17)22-11-3-1-4-12-22/h6,8-9,16H,1-5,7,10-15H2. The lowest BCUT2D eigenvalue weighted by Crippen LogP contribution is -2.56. The Bertz CT molecular complexity index is 584. The maximum atomic E-state index is 13.2. The number of rotatable bonds is 2. The predicted molar refractivity (Wildman–Crippen MR) is 95.4 cm³/mol. The summed E-state index contributed by atoms with van der Waals surface area (Å²) in [6.45, 7) is 6.01. The minimum absolute atomic E-state index is 0.175. The average molecular weight is 328 g/mol. The van der Waals surface area contributed by atoms with Gasteiger partial charge in [-0.2, -0.15) is 0 Å². The molecule has 0 aromatic carbocycles. The fraction of sp³-hybridized carbons (Fsp3) is 0.684. The molecule has 0 saturated carbocycles. The maximum Gasteiger partial charge on any atom is 0.257 e. The van der Waals surface area contributed by atoms with Crippen molar-refractivity contribution in [2.45, 2.75) is 44.6 Å². The molecular weight excluding hydrogens is 300 g/mol. The van der Waals surface area contributed by atoms with Crippen molar-refractivity contribution in [1.82, 2.24) is 14.8 Å². The number of carbonyl (C=O) groups excluding carboxylic acids is 1. The second-order valence-corrected chi connectivity index (χ2v) is 7.36. The monoisotopic (exact) mass is 328 g/mol. The van der Waals surface area contributed by atoms with E-state index in [1.807, 2.05) is 18.3 Å². The zero-order valence-electron chi connectivity index (χ0n) is 14.5. The van der Waals surface area contributed by atoms with Crippen molar-refractivity contribution >= 4 is 11.7 Å². The number of carbonyl (C=O) groups is 1. The summed E-state index contributed by atoms with van der Waals surface area (Å²) < 4.78 is 0. The van der Waals surface area contributed by atoms with E-state index in [4.69, 9.17) is 0 Å². The highest BCUT2D eigenvalue weighted by molar-refractivity contribution is 5.99. The summed E-state index contributed by atoms with van der Waals surface area (Å²) in [5.74, 6) is 1.07. The molecular formula is C19H28N4O. The van der Waals surface area contributed by atoms with Crippen LogP contribution in [0.25, 0.3) is 0 Å². The number of anilines is 1. The Morgan fingerprint density at radius 3 is 2.71 bits per heavy atom. The van der Waals surface area contributed by atoms with Gasteiger partial charge in [-0.25, -0.2) is 4.98 Å². The molecule has 130 valence electrons. The fourth-order valence-electron chi connectivity index (χ4n) is 4.43. The van der Waals surface area contributed by atoms with Crippen molar-refractivity contribution in [3.63, 3.8) is 0 Å². The topological polar surface area (TPSA) is 39.7 Å². The molecule has 5 nitrogen and oxygen atoms in total. The minimum atomic E-state index is 0.175. The van der Waals surface area contributed by atoms with E-state index >= 15 is 0 Å². The smallest absolute Gasteiger partial charge is 0.257 e. The molecule has 0 spiro atoms. The third kappa shape index (κ3) is 3.14. The maximum absolute atomic E-state index is 13.2. The van der Waals surface area contributed by atoms with Gasteiger partial charge >= 0.3 is 0 Å². The first-order valence-corrected chi connectivity index (χ1v) is 9.56. The van der Waals surface area contributed by atoms with E-state index < -0.39 is 0 Å². The lowest BCUT2D eigenvalue weighted by atomic mass is 9.99. The van der Waals surface area contributed by atoms with E-state index in [-0.39, 0.29) is 5.91 Å². The Labute approximate surface area is 144 Å². The molecule has 0 radical (unpaired) electrons. The summed E-state index contributed by atoms with van der Waals surface area (Å²) in [5.41, 5.74) is 0.795. The third-order valence-electron chi connectivity index (χ3n) is 5.80. The van der Waals surface area contributed by atoms with Gasteiger partial charge in [0.05, 0.1) is 5.56 Å². The van der Waals surface area contributed by atoms with Crippen LogP contribution in [0.5, 0.6) is 0 Å². The number of hydrogen-bond donors (Lipinski definition) is 0. The van der Waals surface area contributed by atoms with Gasteiger partial charge in [0.2, 0.25) is 0 Å². The number of hydrogen-bond acceptors (Lipinski definition) is 4. The second-order valence-electron chi connectivity index (χ2n) is 7.36. The highest BCUT2D eigenvalue weighted by Gasteiger charge is 2.32. The van der Waals surface area contributed by atoms with Crippen LogP contribution in [-0.4, -0.2) is 66.0 Å². The lowest BCUT2D eigenvalue weighted by molar-refractivity contribution is 0.0372. The third-order valence-corrected chi connectivity index (χ3v) is 5.80. The molecule has 3 fully saturated rings. The average Bonchev–Trinajstić information content (AvgIpc) is 2.68.